The van der Waals surface area contributed by atoms with Crippen LogP contribution in [0.5, 0.6) is 5.75 Å². The Labute approximate surface area is 120 Å². The standard InChI is InChI=1S/C14H11FN2O3S/c1-17-9-16-13-8-11(4-7-14(13)17)20-21(18,19)12-5-2-10(15)3-6-12/h2-9H,1H3. The average molecular weight is 306 g/mol. The fourth-order valence-corrected chi connectivity index (χ4v) is 2.87. The first-order valence-corrected chi connectivity index (χ1v) is 7.48. The number of fused-ring (bicyclic) bond motifs is 1. The molecule has 0 spiro atoms. The van der Waals surface area contributed by atoms with Gasteiger partial charge in [-0.25, -0.2) is 9.37 Å². The number of rotatable bonds is 3. The molecule has 1 aromatic heterocycles. The number of hydrogen-bond acceptors (Lipinski definition) is 4. The molecule has 5 nitrogen and oxygen atoms in total. The van der Waals surface area contributed by atoms with Crippen LogP contribution in [0.2, 0.25) is 0 Å². The number of hydrogen-bond donors (Lipinski definition) is 0. The molecule has 0 radical (unpaired) electrons. The van der Waals surface area contributed by atoms with Gasteiger partial charge in [0, 0.05) is 13.1 Å². The van der Waals surface area contributed by atoms with Gasteiger partial charge in [-0.1, -0.05) is 0 Å². The number of aromatic nitrogens is 2. The number of nitrogens with zero attached hydrogens (tertiary/aromatic N) is 2. The Morgan fingerprint density at radius 2 is 1.86 bits per heavy atom. The van der Waals surface area contributed by atoms with Crippen molar-refractivity contribution >= 4 is 21.2 Å². The van der Waals surface area contributed by atoms with E-state index in [1.165, 1.54) is 6.07 Å². The molecular formula is C14H11FN2O3S. The number of imidazole rings is 1. The van der Waals surface area contributed by atoms with Gasteiger partial charge in [-0.05, 0) is 36.4 Å². The minimum Gasteiger partial charge on any atom is -0.379 e. The third-order valence-electron chi connectivity index (χ3n) is 3.01. The van der Waals surface area contributed by atoms with Crippen LogP contribution in [0.3, 0.4) is 0 Å². The zero-order valence-corrected chi connectivity index (χ0v) is 11.8. The van der Waals surface area contributed by atoms with Crippen molar-refractivity contribution in [3.8, 4) is 5.75 Å². The van der Waals surface area contributed by atoms with E-state index in [0.29, 0.717) is 5.52 Å². The summed E-state index contributed by atoms with van der Waals surface area (Å²) in [6, 6.07) is 9.25. The lowest BCUT2D eigenvalue weighted by atomic mass is 10.3. The van der Waals surface area contributed by atoms with E-state index in [4.69, 9.17) is 4.18 Å². The highest BCUT2D eigenvalue weighted by Gasteiger charge is 2.17. The summed E-state index contributed by atoms with van der Waals surface area (Å²) < 4.78 is 43.9. The van der Waals surface area contributed by atoms with Crippen molar-refractivity contribution in [2.45, 2.75) is 4.90 Å². The van der Waals surface area contributed by atoms with Gasteiger partial charge < -0.3 is 8.75 Å². The molecule has 0 saturated heterocycles. The van der Waals surface area contributed by atoms with Crippen molar-refractivity contribution in [2.24, 2.45) is 7.05 Å². The Balaban J connectivity index is 1.95. The maximum absolute atomic E-state index is 12.8. The van der Waals surface area contributed by atoms with E-state index >= 15 is 0 Å². The van der Waals surface area contributed by atoms with Crippen LogP contribution in [-0.4, -0.2) is 18.0 Å². The first-order chi connectivity index (χ1) is 9.95. The molecular weight excluding hydrogens is 295 g/mol. The van der Waals surface area contributed by atoms with Crippen LogP contribution in [0.25, 0.3) is 11.0 Å². The second-order valence-electron chi connectivity index (χ2n) is 4.50. The van der Waals surface area contributed by atoms with E-state index in [1.807, 2.05) is 11.6 Å². The van der Waals surface area contributed by atoms with Crippen molar-refractivity contribution in [1.29, 1.82) is 0 Å². The monoisotopic (exact) mass is 306 g/mol. The van der Waals surface area contributed by atoms with Crippen LogP contribution >= 0.6 is 0 Å². The summed E-state index contributed by atoms with van der Waals surface area (Å²) in [6.45, 7) is 0. The van der Waals surface area contributed by atoms with Gasteiger partial charge >= 0.3 is 10.1 Å². The minimum absolute atomic E-state index is 0.106. The Kier molecular flexibility index (Phi) is 3.13. The fraction of sp³-hybridized carbons (Fsp3) is 0.0714. The van der Waals surface area contributed by atoms with Crippen LogP contribution in [0.1, 0.15) is 0 Å². The van der Waals surface area contributed by atoms with Gasteiger partial charge in [-0.15, -0.1) is 0 Å². The van der Waals surface area contributed by atoms with Crippen LogP contribution in [0, 0.1) is 5.82 Å². The molecule has 3 aromatic rings. The maximum atomic E-state index is 12.8. The molecule has 0 aliphatic carbocycles. The lowest BCUT2D eigenvalue weighted by Crippen LogP contribution is -2.09. The summed E-state index contributed by atoms with van der Waals surface area (Å²) in [5, 5.41) is 0. The molecule has 0 atom stereocenters. The van der Waals surface area contributed by atoms with E-state index in [0.717, 1.165) is 29.8 Å². The van der Waals surface area contributed by atoms with Gasteiger partial charge in [0.15, 0.2) is 0 Å². The average Bonchev–Trinajstić information content (AvgIpc) is 2.80. The summed E-state index contributed by atoms with van der Waals surface area (Å²) >= 11 is 0. The second kappa shape index (κ2) is 4.85. The quantitative estimate of drug-likeness (QED) is 0.697. The van der Waals surface area contributed by atoms with Crippen molar-refractivity contribution in [3.05, 3.63) is 54.6 Å². The maximum Gasteiger partial charge on any atom is 0.339 e. The molecule has 0 bridgehead atoms. The molecule has 0 N–H and O–H groups in total. The molecule has 108 valence electrons. The molecule has 0 fully saturated rings. The summed E-state index contributed by atoms with van der Waals surface area (Å²) in [7, 11) is -2.15. The Morgan fingerprint density at radius 1 is 1.14 bits per heavy atom. The smallest absolute Gasteiger partial charge is 0.339 e. The fourth-order valence-electron chi connectivity index (χ4n) is 1.94. The predicted molar refractivity (Wildman–Crippen MR) is 74.9 cm³/mol. The van der Waals surface area contributed by atoms with Crippen LogP contribution in [0.15, 0.2) is 53.7 Å². The van der Waals surface area contributed by atoms with E-state index < -0.39 is 15.9 Å². The molecule has 3 rings (SSSR count). The molecule has 0 saturated carbocycles. The summed E-state index contributed by atoms with van der Waals surface area (Å²) in [4.78, 5) is 4.03. The van der Waals surface area contributed by atoms with E-state index in [2.05, 4.69) is 4.98 Å². The van der Waals surface area contributed by atoms with Gasteiger partial charge in [0.25, 0.3) is 0 Å². The first kappa shape index (κ1) is 13.6. The topological polar surface area (TPSA) is 61.2 Å². The Hall–Kier alpha value is -2.41. The zero-order valence-electron chi connectivity index (χ0n) is 11.0. The van der Waals surface area contributed by atoms with Gasteiger partial charge in [-0.2, -0.15) is 8.42 Å². The van der Waals surface area contributed by atoms with Crippen molar-refractivity contribution in [3.63, 3.8) is 0 Å². The predicted octanol–water partition coefficient (Wildman–Crippen LogP) is 2.48. The summed E-state index contributed by atoms with van der Waals surface area (Å²) in [5.74, 6) is -0.352. The second-order valence-corrected chi connectivity index (χ2v) is 6.04. The number of halogens is 1. The molecule has 1 heterocycles. The molecule has 0 unspecified atom stereocenters. The van der Waals surface area contributed by atoms with Gasteiger partial charge in [0.05, 0.1) is 17.4 Å². The van der Waals surface area contributed by atoms with Crippen molar-refractivity contribution < 1.29 is 17.0 Å². The molecule has 0 amide bonds. The van der Waals surface area contributed by atoms with Gasteiger partial charge in [-0.3, -0.25) is 0 Å². The molecule has 0 aliphatic heterocycles. The minimum atomic E-state index is -3.99. The molecule has 7 heteroatoms. The van der Waals surface area contributed by atoms with E-state index in [1.54, 1.807) is 18.5 Å². The van der Waals surface area contributed by atoms with Crippen LogP contribution in [0.4, 0.5) is 4.39 Å². The van der Waals surface area contributed by atoms with E-state index in [-0.39, 0.29) is 10.6 Å². The van der Waals surface area contributed by atoms with Gasteiger partial charge in [0.1, 0.15) is 16.5 Å². The summed E-state index contributed by atoms with van der Waals surface area (Å²) in [6.07, 6.45) is 1.63. The van der Waals surface area contributed by atoms with Gasteiger partial charge in [0.2, 0.25) is 0 Å². The van der Waals surface area contributed by atoms with E-state index in [9.17, 15) is 12.8 Å². The summed E-state index contributed by atoms with van der Waals surface area (Å²) in [5.41, 5.74) is 1.49. The van der Waals surface area contributed by atoms with Crippen molar-refractivity contribution in [2.75, 3.05) is 0 Å². The molecule has 0 aliphatic rings. The lowest BCUT2D eigenvalue weighted by Gasteiger charge is -2.07. The third-order valence-corrected chi connectivity index (χ3v) is 4.27. The zero-order chi connectivity index (χ0) is 15.0. The SMILES string of the molecule is Cn1cnc2cc(OS(=O)(=O)c3ccc(F)cc3)ccc21. The van der Waals surface area contributed by atoms with Crippen LogP contribution in [-0.2, 0) is 17.2 Å². The highest BCUT2D eigenvalue weighted by atomic mass is 32.2. The van der Waals surface area contributed by atoms with Crippen LogP contribution < -0.4 is 4.18 Å². The number of aryl methyl sites for hydroxylation is 1. The largest absolute Gasteiger partial charge is 0.379 e. The Morgan fingerprint density at radius 3 is 2.57 bits per heavy atom. The highest BCUT2D eigenvalue weighted by molar-refractivity contribution is 7.87. The number of benzene rings is 2. The highest BCUT2D eigenvalue weighted by Crippen LogP contribution is 2.23. The molecule has 2 aromatic carbocycles. The first-order valence-electron chi connectivity index (χ1n) is 6.07. The third kappa shape index (κ3) is 2.59. The Bertz CT molecular complexity index is 902. The lowest BCUT2D eigenvalue weighted by molar-refractivity contribution is 0.486. The normalized spacial score (nSPS) is 11.7. The van der Waals surface area contributed by atoms with Crippen molar-refractivity contribution in [1.82, 2.24) is 9.55 Å². The molecule has 21 heavy (non-hydrogen) atoms.